The number of nitrogens with zero attached hydrogens (tertiary/aromatic N) is 1. The van der Waals surface area contributed by atoms with E-state index >= 15 is 0 Å². The van der Waals surface area contributed by atoms with Gasteiger partial charge in [0.15, 0.2) is 5.78 Å². The van der Waals surface area contributed by atoms with Gasteiger partial charge in [-0.3, -0.25) is 14.6 Å². The summed E-state index contributed by atoms with van der Waals surface area (Å²) in [5.41, 5.74) is 2.16. The van der Waals surface area contributed by atoms with Crippen molar-refractivity contribution in [2.75, 3.05) is 0 Å². The lowest BCUT2D eigenvalue weighted by atomic mass is 9.83. The number of benzene rings is 1. The molecular formula is C16H10N2O3. The highest BCUT2D eigenvalue weighted by molar-refractivity contribution is 6.29. The lowest BCUT2D eigenvalue weighted by Crippen LogP contribution is -2.21. The first kappa shape index (κ1) is 11.8. The Morgan fingerprint density at radius 2 is 1.81 bits per heavy atom. The fourth-order valence-corrected chi connectivity index (χ4v) is 2.81. The number of carbonyl (C=O) groups is 2. The van der Waals surface area contributed by atoms with Crippen molar-refractivity contribution >= 4 is 17.8 Å². The third-order valence-corrected chi connectivity index (χ3v) is 3.85. The Morgan fingerprint density at radius 1 is 1.05 bits per heavy atom. The van der Waals surface area contributed by atoms with E-state index in [2.05, 4.69) is 9.98 Å². The third-order valence-electron chi connectivity index (χ3n) is 3.85. The molecule has 1 aliphatic carbocycles. The van der Waals surface area contributed by atoms with Gasteiger partial charge in [0.25, 0.3) is 0 Å². The van der Waals surface area contributed by atoms with Crippen molar-refractivity contribution in [3.05, 3.63) is 64.6 Å². The largest absolute Gasteiger partial charge is 0.508 e. The van der Waals surface area contributed by atoms with Crippen molar-refractivity contribution < 1.29 is 14.7 Å². The summed E-state index contributed by atoms with van der Waals surface area (Å²) < 4.78 is 0. The molecule has 1 atom stereocenters. The monoisotopic (exact) mass is 278 g/mol. The number of ketones is 2. The minimum absolute atomic E-state index is 0.154. The Bertz CT molecular complexity index is 841. The van der Waals surface area contributed by atoms with Gasteiger partial charge >= 0.3 is 0 Å². The average Bonchev–Trinajstić information content (AvgIpc) is 3.13. The van der Waals surface area contributed by atoms with Crippen molar-refractivity contribution in [1.29, 1.82) is 0 Å². The first-order chi connectivity index (χ1) is 10.2. The second kappa shape index (κ2) is 4.02. The van der Waals surface area contributed by atoms with Gasteiger partial charge in [-0.05, 0) is 23.8 Å². The highest BCUT2D eigenvalue weighted by Crippen LogP contribution is 2.38. The first-order valence-electron chi connectivity index (χ1n) is 6.51. The number of allylic oxidation sites excluding steroid dienone is 2. The number of phenols is 1. The molecule has 0 bridgehead atoms. The zero-order valence-corrected chi connectivity index (χ0v) is 10.8. The SMILES string of the molecule is O=C1C2=C(N=CC2c2ccc(O)cc2)C(=O)c2[nH]ccc21. The van der Waals surface area contributed by atoms with Crippen LogP contribution in [0.15, 0.2) is 52.8 Å². The molecule has 2 heterocycles. The molecule has 5 heteroatoms. The Morgan fingerprint density at radius 3 is 2.57 bits per heavy atom. The highest BCUT2D eigenvalue weighted by atomic mass is 16.3. The molecule has 0 spiro atoms. The maximum atomic E-state index is 12.6. The lowest BCUT2D eigenvalue weighted by molar-refractivity contribution is 0.0971. The van der Waals surface area contributed by atoms with E-state index in [0.29, 0.717) is 16.8 Å². The van der Waals surface area contributed by atoms with Crippen molar-refractivity contribution in [2.45, 2.75) is 5.92 Å². The fourth-order valence-electron chi connectivity index (χ4n) is 2.81. The maximum absolute atomic E-state index is 12.6. The number of aromatic nitrogens is 1. The van der Waals surface area contributed by atoms with E-state index in [-0.39, 0.29) is 28.9 Å². The summed E-state index contributed by atoms with van der Waals surface area (Å²) in [6, 6.07) is 8.18. The zero-order chi connectivity index (χ0) is 14.6. The Kier molecular flexibility index (Phi) is 2.27. The molecule has 1 aromatic carbocycles. The molecule has 1 aromatic heterocycles. The normalized spacial score (nSPS) is 19.9. The number of aliphatic imine (C=N–C) groups is 1. The van der Waals surface area contributed by atoms with Gasteiger partial charge in [-0.15, -0.1) is 0 Å². The molecule has 0 saturated heterocycles. The Labute approximate surface area is 119 Å². The lowest BCUT2D eigenvalue weighted by Gasteiger charge is -2.17. The molecule has 21 heavy (non-hydrogen) atoms. The van der Waals surface area contributed by atoms with Crippen LogP contribution in [-0.2, 0) is 0 Å². The number of aromatic hydroxyl groups is 1. The second-order valence-corrected chi connectivity index (χ2v) is 5.03. The number of fused-ring (bicyclic) bond motifs is 1. The minimum Gasteiger partial charge on any atom is -0.508 e. The molecule has 102 valence electrons. The molecular weight excluding hydrogens is 268 g/mol. The van der Waals surface area contributed by atoms with Crippen LogP contribution in [0.1, 0.15) is 32.3 Å². The molecule has 4 rings (SSSR count). The van der Waals surface area contributed by atoms with Crippen LogP contribution in [0.2, 0.25) is 0 Å². The summed E-state index contributed by atoms with van der Waals surface area (Å²) in [4.78, 5) is 31.9. The number of hydrogen-bond acceptors (Lipinski definition) is 4. The molecule has 2 N–H and O–H groups in total. The summed E-state index contributed by atoms with van der Waals surface area (Å²) in [7, 11) is 0. The molecule has 2 aliphatic rings. The maximum Gasteiger partial charge on any atom is 0.228 e. The smallest absolute Gasteiger partial charge is 0.228 e. The minimum atomic E-state index is -0.347. The van der Waals surface area contributed by atoms with E-state index in [9.17, 15) is 14.7 Å². The number of aromatic amines is 1. The summed E-state index contributed by atoms with van der Waals surface area (Å²) in [5.74, 6) is -0.611. The number of Topliss-reactive ketones (excluding diaryl/α,β-unsaturated/α-hetero) is 2. The summed E-state index contributed by atoms with van der Waals surface area (Å²) in [6.07, 6.45) is 3.20. The first-order valence-corrected chi connectivity index (χ1v) is 6.51. The van der Waals surface area contributed by atoms with Gasteiger partial charge in [0.05, 0.1) is 17.2 Å². The van der Waals surface area contributed by atoms with Gasteiger partial charge in [0.1, 0.15) is 11.4 Å². The summed E-state index contributed by atoms with van der Waals surface area (Å²) >= 11 is 0. The number of hydrogen-bond donors (Lipinski definition) is 2. The Balaban J connectivity index is 1.85. The summed E-state index contributed by atoms with van der Waals surface area (Å²) in [5, 5.41) is 9.36. The van der Waals surface area contributed by atoms with Crippen molar-refractivity contribution in [3.63, 3.8) is 0 Å². The topological polar surface area (TPSA) is 82.5 Å². The van der Waals surface area contributed by atoms with Crippen LogP contribution in [0.3, 0.4) is 0 Å². The number of rotatable bonds is 1. The Hall–Kier alpha value is -2.95. The van der Waals surface area contributed by atoms with Gasteiger partial charge in [0, 0.05) is 18.0 Å². The molecule has 0 fully saturated rings. The van der Waals surface area contributed by atoms with Gasteiger partial charge in [-0.2, -0.15) is 0 Å². The van der Waals surface area contributed by atoms with Gasteiger partial charge < -0.3 is 10.1 Å². The van der Waals surface area contributed by atoms with Crippen LogP contribution >= 0.6 is 0 Å². The number of nitrogens with one attached hydrogen (secondary N) is 1. The summed E-state index contributed by atoms with van der Waals surface area (Å²) in [6.45, 7) is 0. The van der Waals surface area contributed by atoms with E-state index in [0.717, 1.165) is 5.56 Å². The van der Waals surface area contributed by atoms with E-state index in [1.54, 1.807) is 42.7 Å². The van der Waals surface area contributed by atoms with Crippen LogP contribution in [0, 0.1) is 0 Å². The van der Waals surface area contributed by atoms with E-state index < -0.39 is 0 Å². The van der Waals surface area contributed by atoms with Gasteiger partial charge in [-0.25, -0.2) is 0 Å². The van der Waals surface area contributed by atoms with Gasteiger partial charge in [0.2, 0.25) is 5.78 Å². The van der Waals surface area contributed by atoms with Crippen LogP contribution in [0.4, 0.5) is 0 Å². The average molecular weight is 278 g/mol. The van der Waals surface area contributed by atoms with Crippen LogP contribution in [0.25, 0.3) is 0 Å². The molecule has 5 nitrogen and oxygen atoms in total. The van der Waals surface area contributed by atoms with Crippen molar-refractivity contribution in [1.82, 2.24) is 4.98 Å². The quantitative estimate of drug-likeness (QED) is 0.839. The van der Waals surface area contributed by atoms with E-state index in [1.807, 2.05) is 0 Å². The van der Waals surface area contributed by atoms with Crippen LogP contribution < -0.4 is 0 Å². The molecule has 2 aromatic rings. The standard InChI is InChI=1S/C16H10N2O3/c19-9-3-1-8(2-4-9)11-7-18-14-12(11)15(20)10-5-6-17-13(10)16(14)21/h1-7,11,17,19H. The van der Waals surface area contributed by atoms with Crippen LogP contribution in [0.5, 0.6) is 5.75 Å². The fraction of sp³-hybridized carbons (Fsp3) is 0.0625. The molecule has 1 unspecified atom stereocenters. The molecule has 0 amide bonds. The predicted molar refractivity (Wildman–Crippen MR) is 75.8 cm³/mol. The molecule has 0 saturated carbocycles. The number of phenolic OH excluding ortho intramolecular Hbond substituents is 1. The highest BCUT2D eigenvalue weighted by Gasteiger charge is 2.39. The number of carbonyl (C=O) groups excluding carboxylic acids is 2. The van der Waals surface area contributed by atoms with E-state index in [4.69, 9.17) is 0 Å². The van der Waals surface area contributed by atoms with Gasteiger partial charge in [-0.1, -0.05) is 12.1 Å². The van der Waals surface area contributed by atoms with Crippen molar-refractivity contribution in [3.8, 4) is 5.75 Å². The predicted octanol–water partition coefficient (Wildman–Crippen LogP) is 2.22. The van der Waals surface area contributed by atoms with E-state index in [1.165, 1.54) is 0 Å². The second-order valence-electron chi connectivity index (χ2n) is 5.03. The van der Waals surface area contributed by atoms with Crippen LogP contribution in [-0.4, -0.2) is 27.9 Å². The van der Waals surface area contributed by atoms with Crippen molar-refractivity contribution in [2.24, 2.45) is 4.99 Å². The number of H-pyrrole nitrogens is 1. The third kappa shape index (κ3) is 1.54. The zero-order valence-electron chi connectivity index (χ0n) is 10.8. The molecule has 0 radical (unpaired) electrons. The molecule has 1 aliphatic heterocycles.